The van der Waals surface area contributed by atoms with Gasteiger partial charge in [-0.15, -0.1) is 0 Å². The zero-order chi connectivity index (χ0) is 19.1. The maximum Gasteiger partial charge on any atom is 0.170 e. The zero-order valence-corrected chi connectivity index (χ0v) is 16.8. The number of piperazine rings is 1. The van der Waals surface area contributed by atoms with Gasteiger partial charge in [-0.05, 0) is 60.7 Å². The van der Waals surface area contributed by atoms with E-state index in [9.17, 15) is 4.39 Å². The van der Waals surface area contributed by atoms with Crippen LogP contribution in [0.3, 0.4) is 0 Å². The van der Waals surface area contributed by atoms with Gasteiger partial charge in [0, 0.05) is 29.4 Å². The van der Waals surface area contributed by atoms with E-state index in [1.807, 2.05) is 36.4 Å². The second kappa shape index (κ2) is 9.88. The molecule has 1 fully saturated rings. The minimum Gasteiger partial charge on any atom is -0.362 e. The SMILES string of the molecule is Fc1ccc(N2CC[NH+](CCCNC(=S)Nc3ccc(Cl)cc3)CC2)cc1. The molecule has 0 spiro atoms. The van der Waals surface area contributed by atoms with E-state index in [4.69, 9.17) is 23.8 Å². The van der Waals surface area contributed by atoms with Crippen molar-refractivity contribution < 1.29 is 9.29 Å². The van der Waals surface area contributed by atoms with Gasteiger partial charge in [0.2, 0.25) is 0 Å². The Kier molecular flexibility index (Phi) is 7.26. The quantitative estimate of drug-likeness (QED) is 0.507. The van der Waals surface area contributed by atoms with Crippen LogP contribution in [0.15, 0.2) is 48.5 Å². The van der Waals surface area contributed by atoms with Crippen LogP contribution in [0.2, 0.25) is 5.02 Å². The largest absolute Gasteiger partial charge is 0.362 e. The highest BCUT2D eigenvalue weighted by atomic mass is 35.5. The van der Waals surface area contributed by atoms with Crippen LogP contribution in [-0.4, -0.2) is 44.4 Å². The summed E-state index contributed by atoms with van der Waals surface area (Å²) in [6.07, 6.45) is 1.06. The van der Waals surface area contributed by atoms with E-state index in [0.29, 0.717) is 10.1 Å². The molecule has 2 aromatic carbocycles. The van der Waals surface area contributed by atoms with Crippen LogP contribution in [0.1, 0.15) is 6.42 Å². The van der Waals surface area contributed by atoms with Crippen molar-refractivity contribution in [1.29, 1.82) is 0 Å². The minimum absolute atomic E-state index is 0.182. The Bertz CT molecular complexity index is 731. The normalized spacial score (nSPS) is 14.8. The fraction of sp³-hybridized carbons (Fsp3) is 0.350. The summed E-state index contributed by atoms with van der Waals surface area (Å²) in [5.74, 6) is -0.182. The number of nitrogens with zero attached hydrogens (tertiary/aromatic N) is 1. The van der Waals surface area contributed by atoms with Crippen LogP contribution in [0, 0.1) is 5.82 Å². The van der Waals surface area contributed by atoms with Gasteiger partial charge < -0.3 is 20.4 Å². The monoisotopic (exact) mass is 407 g/mol. The first-order chi connectivity index (χ1) is 13.1. The van der Waals surface area contributed by atoms with Gasteiger partial charge in [-0.25, -0.2) is 4.39 Å². The van der Waals surface area contributed by atoms with Gasteiger partial charge in [0.05, 0.1) is 32.7 Å². The molecule has 0 bridgehead atoms. The second-order valence-corrected chi connectivity index (χ2v) is 7.55. The topological polar surface area (TPSA) is 31.7 Å². The van der Waals surface area contributed by atoms with Gasteiger partial charge in [-0.2, -0.15) is 0 Å². The third kappa shape index (κ3) is 6.34. The van der Waals surface area contributed by atoms with E-state index in [-0.39, 0.29) is 5.82 Å². The molecule has 27 heavy (non-hydrogen) atoms. The first kappa shape index (κ1) is 19.9. The lowest BCUT2D eigenvalue weighted by Crippen LogP contribution is -3.15. The summed E-state index contributed by atoms with van der Waals surface area (Å²) in [5, 5.41) is 7.75. The van der Waals surface area contributed by atoms with Crippen molar-refractivity contribution in [3.63, 3.8) is 0 Å². The van der Waals surface area contributed by atoms with E-state index in [1.165, 1.54) is 12.1 Å². The van der Waals surface area contributed by atoms with Gasteiger partial charge in [0.15, 0.2) is 5.11 Å². The molecule has 1 aliphatic rings. The Balaban J connectivity index is 1.30. The van der Waals surface area contributed by atoms with Crippen molar-refractivity contribution in [2.45, 2.75) is 6.42 Å². The standard InChI is InChI=1S/C20H24ClFN4S/c21-16-2-6-18(7-3-16)24-20(27)23-10-1-11-25-12-14-26(15-13-25)19-8-4-17(22)5-9-19/h2-9H,1,10-15H2,(H2,23,24,27)/p+1. The van der Waals surface area contributed by atoms with E-state index in [0.717, 1.165) is 57.1 Å². The molecule has 1 aliphatic heterocycles. The predicted molar refractivity (Wildman–Crippen MR) is 114 cm³/mol. The second-order valence-electron chi connectivity index (χ2n) is 6.70. The highest BCUT2D eigenvalue weighted by molar-refractivity contribution is 7.80. The maximum absolute atomic E-state index is 13.0. The summed E-state index contributed by atoms with van der Waals surface area (Å²) in [4.78, 5) is 3.93. The average Bonchev–Trinajstić information content (AvgIpc) is 2.68. The molecular weight excluding hydrogens is 383 g/mol. The van der Waals surface area contributed by atoms with Crippen LogP contribution in [0.4, 0.5) is 15.8 Å². The molecule has 0 aromatic heterocycles. The summed E-state index contributed by atoms with van der Waals surface area (Å²) in [6, 6.07) is 14.3. The number of halogens is 2. The van der Waals surface area contributed by atoms with Crippen LogP contribution < -0.4 is 20.4 Å². The van der Waals surface area contributed by atoms with Gasteiger partial charge in [-0.3, -0.25) is 0 Å². The van der Waals surface area contributed by atoms with Crippen molar-refractivity contribution in [3.05, 3.63) is 59.4 Å². The van der Waals surface area contributed by atoms with Crippen LogP contribution in [-0.2, 0) is 0 Å². The number of hydrogen-bond acceptors (Lipinski definition) is 2. The first-order valence-corrected chi connectivity index (χ1v) is 10.0. The number of thiocarbonyl (C=S) groups is 1. The Morgan fingerprint density at radius 2 is 1.74 bits per heavy atom. The molecule has 0 saturated carbocycles. The molecule has 144 valence electrons. The molecule has 3 rings (SSSR count). The summed E-state index contributed by atoms with van der Waals surface area (Å²) in [5.41, 5.74) is 2.04. The Morgan fingerprint density at radius 3 is 2.41 bits per heavy atom. The van der Waals surface area contributed by atoms with Crippen LogP contribution >= 0.6 is 23.8 Å². The average molecular weight is 408 g/mol. The molecule has 0 unspecified atom stereocenters. The third-order valence-corrected chi connectivity index (χ3v) is 5.26. The third-order valence-electron chi connectivity index (χ3n) is 4.76. The lowest BCUT2D eigenvalue weighted by Gasteiger charge is -2.33. The molecule has 0 aliphatic carbocycles. The molecule has 0 amide bonds. The van der Waals surface area contributed by atoms with Crippen molar-refractivity contribution in [2.24, 2.45) is 0 Å². The number of rotatable bonds is 6. The summed E-state index contributed by atoms with van der Waals surface area (Å²) < 4.78 is 13.0. The number of anilines is 2. The fourth-order valence-electron chi connectivity index (χ4n) is 3.23. The smallest absolute Gasteiger partial charge is 0.170 e. The molecule has 1 heterocycles. The summed E-state index contributed by atoms with van der Waals surface area (Å²) in [6.45, 7) is 6.18. The highest BCUT2D eigenvalue weighted by Crippen LogP contribution is 2.14. The maximum atomic E-state index is 13.0. The zero-order valence-electron chi connectivity index (χ0n) is 15.2. The van der Waals surface area contributed by atoms with Crippen molar-refractivity contribution in [1.82, 2.24) is 5.32 Å². The van der Waals surface area contributed by atoms with Crippen LogP contribution in [0.25, 0.3) is 0 Å². The predicted octanol–water partition coefficient (Wildman–Crippen LogP) is 2.56. The minimum atomic E-state index is -0.182. The number of quaternary nitrogens is 1. The van der Waals surface area contributed by atoms with Crippen molar-refractivity contribution >= 4 is 40.3 Å². The molecule has 7 heteroatoms. The van der Waals surface area contributed by atoms with Gasteiger partial charge in [0.25, 0.3) is 0 Å². The molecular formula is C20H25ClFN4S+. The molecule has 1 saturated heterocycles. The van der Waals surface area contributed by atoms with Crippen molar-refractivity contribution in [3.8, 4) is 0 Å². The summed E-state index contributed by atoms with van der Waals surface area (Å²) >= 11 is 11.2. The van der Waals surface area contributed by atoms with Gasteiger partial charge in [-0.1, -0.05) is 11.6 Å². The first-order valence-electron chi connectivity index (χ1n) is 9.25. The highest BCUT2D eigenvalue weighted by Gasteiger charge is 2.19. The number of nitrogens with one attached hydrogen (secondary N) is 3. The lowest BCUT2D eigenvalue weighted by atomic mass is 10.2. The molecule has 3 N–H and O–H groups in total. The number of benzene rings is 2. The van der Waals surface area contributed by atoms with Gasteiger partial charge >= 0.3 is 0 Å². The van der Waals surface area contributed by atoms with Crippen molar-refractivity contribution in [2.75, 3.05) is 49.5 Å². The Morgan fingerprint density at radius 1 is 1.07 bits per heavy atom. The summed E-state index contributed by atoms with van der Waals surface area (Å²) in [7, 11) is 0. The Labute approximate surface area is 170 Å². The van der Waals surface area contributed by atoms with E-state index in [1.54, 1.807) is 4.90 Å². The van der Waals surface area contributed by atoms with Gasteiger partial charge in [0.1, 0.15) is 5.82 Å². The lowest BCUT2D eigenvalue weighted by molar-refractivity contribution is -0.900. The Hall–Kier alpha value is -1.89. The molecule has 0 radical (unpaired) electrons. The number of hydrogen-bond donors (Lipinski definition) is 3. The van der Waals surface area contributed by atoms with E-state index >= 15 is 0 Å². The molecule has 0 atom stereocenters. The fourth-order valence-corrected chi connectivity index (χ4v) is 3.58. The van der Waals surface area contributed by atoms with E-state index in [2.05, 4.69) is 15.5 Å². The van der Waals surface area contributed by atoms with Crippen LogP contribution in [0.5, 0.6) is 0 Å². The van der Waals surface area contributed by atoms with E-state index < -0.39 is 0 Å². The molecule has 2 aromatic rings. The molecule has 4 nitrogen and oxygen atoms in total.